The van der Waals surface area contributed by atoms with E-state index in [1.54, 1.807) is 0 Å². The summed E-state index contributed by atoms with van der Waals surface area (Å²) in [5.74, 6) is 1.23. The normalized spacial score (nSPS) is 11.9. The summed E-state index contributed by atoms with van der Waals surface area (Å²) < 4.78 is 59.7. The van der Waals surface area contributed by atoms with Gasteiger partial charge < -0.3 is 4.57 Å². The van der Waals surface area contributed by atoms with E-state index >= 15 is 0 Å². The van der Waals surface area contributed by atoms with Gasteiger partial charge in [-0.05, 0) is 13.3 Å². The van der Waals surface area contributed by atoms with Crippen molar-refractivity contribution in [2.24, 2.45) is 0 Å². The number of imidazole rings is 1. The van der Waals surface area contributed by atoms with Crippen LogP contribution in [0.4, 0.5) is 13.2 Å². The maximum atomic E-state index is 10.7. The minimum absolute atomic E-state index is 1.04. The number of hydrogen-bond acceptors (Lipinski definition) is 3. The summed E-state index contributed by atoms with van der Waals surface area (Å²) in [5.41, 5.74) is -5.53. The lowest BCUT2D eigenvalue weighted by atomic mass is 10.2. The van der Waals surface area contributed by atoms with Crippen LogP contribution in [0.1, 0.15) is 32.5 Å². The van der Waals surface area contributed by atoms with E-state index in [0.29, 0.717) is 0 Å². The molecule has 9 heteroatoms. The van der Waals surface area contributed by atoms with Crippen molar-refractivity contribution >= 4 is 10.1 Å². The van der Waals surface area contributed by atoms with Gasteiger partial charge in [0.05, 0.1) is 0 Å². The van der Waals surface area contributed by atoms with Gasteiger partial charge in [0, 0.05) is 25.4 Å². The molecule has 0 spiro atoms. The Kier molecular flexibility index (Phi) is 7.06. The largest absolute Gasteiger partial charge is 0.522 e. The van der Waals surface area contributed by atoms with E-state index in [1.165, 1.54) is 18.7 Å². The Hall–Kier alpha value is -1.09. The first-order chi connectivity index (χ1) is 8.63. The van der Waals surface area contributed by atoms with Crippen molar-refractivity contribution in [3.05, 3.63) is 18.2 Å². The Morgan fingerprint density at radius 2 is 1.89 bits per heavy atom. The third-order valence-electron chi connectivity index (χ3n) is 2.19. The molecule has 19 heavy (non-hydrogen) atoms. The molecule has 0 radical (unpaired) electrons. The van der Waals surface area contributed by atoms with E-state index in [2.05, 4.69) is 23.4 Å². The second-order valence-electron chi connectivity index (χ2n) is 3.65. The molecule has 5 nitrogen and oxygen atoms in total. The van der Waals surface area contributed by atoms with Gasteiger partial charge in [-0.3, -0.25) is 4.55 Å². The van der Waals surface area contributed by atoms with Crippen LogP contribution in [0.15, 0.2) is 12.4 Å². The molecule has 112 valence electrons. The maximum Gasteiger partial charge on any atom is 0.522 e. The zero-order valence-corrected chi connectivity index (χ0v) is 11.5. The Morgan fingerprint density at radius 3 is 2.26 bits per heavy atom. The Balaban J connectivity index is 0.000000362. The highest BCUT2D eigenvalue weighted by molar-refractivity contribution is 7.86. The number of unbranched alkanes of at least 4 members (excludes halogenated alkanes) is 1. The summed E-state index contributed by atoms with van der Waals surface area (Å²) in [5, 5.41) is 0. The Labute approximate surface area is 110 Å². The van der Waals surface area contributed by atoms with Gasteiger partial charge in [-0.2, -0.15) is 21.6 Å². The first-order valence-corrected chi connectivity index (χ1v) is 7.11. The molecule has 0 aliphatic rings. The van der Waals surface area contributed by atoms with Crippen molar-refractivity contribution in [3.8, 4) is 0 Å². The van der Waals surface area contributed by atoms with Gasteiger partial charge in [-0.15, -0.1) is 0 Å². The number of nitrogens with zero attached hydrogens (tertiary/aromatic N) is 2. The van der Waals surface area contributed by atoms with Crippen molar-refractivity contribution in [1.82, 2.24) is 9.55 Å². The molecule has 0 saturated heterocycles. The summed E-state index contributed by atoms with van der Waals surface area (Å²) in [6, 6.07) is 0. The minimum Gasteiger partial charge on any atom is -0.335 e. The van der Waals surface area contributed by atoms with Gasteiger partial charge in [0.2, 0.25) is 0 Å². The van der Waals surface area contributed by atoms with E-state index in [9.17, 15) is 13.2 Å². The number of rotatable bonds is 4. The van der Waals surface area contributed by atoms with Crippen molar-refractivity contribution in [2.45, 2.75) is 45.2 Å². The topological polar surface area (TPSA) is 72.2 Å². The molecule has 0 aromatic carbocycles. The fourth-order valence-corrected chi connectivity index (χ4v) is 1.19. The number of aryl methyl sites for hydroxylation is 2. The second kappa shape index (κ2) is 7.49. The van der Waals surface area contributed by atoms with E-state index in [4.69, 9.17) is 13.0 Å². The lowest BCUT2D eigenvalue weighted by molar-refractivity contribution is -0.0510. The molecule has 0 bridgehead atoms. The van der Waals surface area contributed by atoms with Crippen molar-refractivity contribution in [3.63, 3.8) is 0 Å². The molecule has 0 atom stereocenters. The first kappa shape index (κ1) is 17.9. The molecule has 0 unspecified atom stereocenters. The summed E-state index contributed by atoms with van der Waals surface area (Å²) in [7, 11) is -5.84. The van der Waals surface area contributed by atoms with Crippen LogP contribution in [0.2, 0.25) is 0 Å². The van der Waals surface area contributed by atoms with E-state index in [1.807, 2.05) is 12.4 Å². The quantitative estimate of drug-likeness (QED) is 0.685. The van der Waals surface area contributed by atoms with Crippen LogP contribution in [0.3, 0.4) is 0 Å². The predicted molar refractivity (Wildman–Crippen MR) is 64.1 cm³/mol. The molecule has 0 fully saturated rings. The summed E-state index contributed by atoms with van der Waals surface area (Å²) in [6.45, 7) is 5.40. The van der Waals surface area contributed by atoms with Crippen LogP contribution in [0, 0.1) is 0 Å². The third-order valence-corrected chi connectivity index (χ3v) is 2.77. The van der Waals surface area contributed by atoms with Crippen LogP contribution in [-0.2, 0) is 23.1 Å². The lowest BCUT2D eigenvalue weighted by Gasteiger charge is -2.02. The Morgan fingerprint density at radius 1 is 1.37 bits per heavy atom. The maximum absolute atomic E-state index is 10.7. The predicted octanol–water partition coefficient (Wildman–Crippen LogP) is 2.64. The van der Waals surface area contributed by atoms with E-state index in [-0.39, 0.29) is 0 Å². The monoisotopic (exact) mass is 302 g/mol. The SMILES string of the molecule is CCCCc1nccn1CC.O=S(=O)(O)C(F)(F)F. The van der Waals surface area contributed by atoms with Crippen LogP contribution in [0.5, 0.6) is 0 Å². The second-order valence-corrected chi connectivity index (χ2v) is 5.07. The van der Waals surface area contributed by atoms with Gasteiger partial charge >= 0.3 is 15.6 Å². The molecular weight excluding hydrogens is 285 g/mol. The molecule has 1 heterocycles. The molecule has 0 saturated carbocycles. The zero-order valence-electron chi connectivity index (χ0n) is 10.7. The zero-order chi connectivity index (χ0) is 15.1. The average Bonchev–Trinajstić information content (AvgIpc) is 2.71. The number of hydrogen-bond donors (Lipinski definition) is 1. The van der Waals surface area contributed by atoms with Gasteiger partial charge in [0.25, 0.3) is 0 Å². The fourth-order valence-electron chi connectivity index (χ4n) is 1.19. The summed E-state index contributed by atoms with van der Waals surface area (Å²) in [4.78, 5) is 4.29. The smallest absolute Gasteiger partial charge is 0.335 e. The van der Waals surface area contributed by atoms with Crippen LogP contribution < -0.4 is 0 Å². The van der Waals surface area contributed by atoms with Gasteiger partial charge in [-0.25, -0.2) is 4.98 Å². The van der Waals surface area contributed by atoms with Crippen LogP contribution >= 0.6 is 0 Å². The van der Waals surface area contributed by atoms with Gasteiger partial charge in [0.15, 0.2) is 0 Å². The van der Waals surface area contributed by atoms with Crippen LogP contribution in [0.25, 0.3) is 0 Å². The highest BCUT2D eigenvalue weighted by Gasteiger charge is 2.44. The number of aromatic nitrogens is 2. The molecular formula is C10H17F3N2O3S. The average molecular weight is 302 g/mol. The van der Waals surface area contributed by atoms with Crippen molar-refractivity contribution in [1.29, 1.82) is 0 Å². The molecule has 1 N–H and O–H groups in total. The van der Waals surface area contributed by atoms with E-state index in [0.717, 1.165) is 13.0 Å². The number of alkyl halides is 3. The molecule has 0 aliphatic carbocycles. The minimum atomic E-state index is -5.84. The highest BCUT2D eigenvalue weighted by atomic mass is 32.2. The van der Waals surface area contributed by atoms with E-state index < -0.39 is 15.6 Å². The Bertz CT molecular complexity index is 469. The van der Waals surface area contributed by atoms with Crippen molar-refractivity contribution < 1.29 is 26.1 Å². The molecule has 1 aromatic rings. The number of halogens is 3. The first-order valence-electron chi connectivity index (χ1n) is 5.67. The molecule has 1 aromatic heterocycles. The molecule has 0 aliphatic heterocycles. The lowest BCUT2D eigenvalue weighted by Crippen LogP contribution is -2.21. The van der Waals surface area contributed by atoms with Gasteiger partial charge in [0.1, 0.15) is 5.82 Å². The molecule has 0 amide bonds. The van der Waals surface area contributed by atoms with Gasteiger partial charge in [-0.1, -0.05) is 13.3 Å². The summed E-state index contributed by atoms with van der Waals surface area (Å²) >= 11 is 0. The highest BCUT2D eigenvalue weighted by Crippen LogP contribution is 2.20. The summed E-state index contributed by atoms with van der Waals surface area (Å²) in [6.07, 6.45) is 7.55. The third kappa shape index (κ3) is 6.58. The van der Waals surface area contributed by atoms with Crippen molar-refractivity contribution in [2.75, 3.05) is 0 Å². The fraction of sp³-hybridized carbons (Fsp3) is 0.700. The van der Waals surface area contributed by atoms with Crippen LogP contribution in [-0.4, -0.2) is 28.0 Å². The molecule has 1 rings (SSSR count). The standard InChI is InChI=1S/C9H16N2.CHF3O3S/c1-3-5-6-9-10-7-8-11(9)4-2;2-1(3,4)8(5,6)7/h7-8H,3-6H2,1-2H3;(H,5,6,7).